The minimum Gasteiger partial charge on any atom is -0.497 e. The molecule has 2 N–H and O–H groups in total. The molecule has 3 rings (SSSR count). The molecule has 0 amide bonds. The molecule has 0 aliphatic heterocycles. The normalized spacial score (nSPS) is 11.1. The van der Waals surface area contributed by atoms with Crippen molar-refractivity contribution in [1.29, 1.82) is 0 Å². The maximum atomic E-state index is 11.5. The summed E-state index contributed by atoms with van der Waals surface area (Å²) in [5.74, 6) is 0.760. The molecule has 7 heteroatoms. The van der Waals surface area contributed by atoms with Crippen molar-refractivity contribution in [3.05, 3.63) is 63.1 Å². The lowest BCUT2D eigenvalue weighted by atomic mass is 10.2. The average Bonchev–Trinajstić information content (AvgIpc) is 2.53. The van der Waals surface area contributed by atoms with E-state index in [9.17, 15) is 9.59 Å². The van der Waals surface area contributed by atoms with Crippen molar-refractivity contribution in [2.24, 2.45) is 4.99 Å². The summed E-state index contributed by atoms with van der Waals surface area (Å²) in [5, 5.41) is 0.943. The van der Waals surface area contributed by atoms with Gasteiger partial charge in [0.2, 0.25) is 0 Å². The smallest absolute Gasteiger partial charge is 0.325 e. The Hall–Kier alpha value is -3.22. The monoisotopic (exact) mass is 296 g/mol. The van der Waals surface area contributed by atoms with E-state index >= 15 is 0 Å². The first-order valence-corrected chi connectivity index (χ1v) is 6.46. The number of hydrogen-bond donors (Lipinski definition) is 2. The summed E-state index contributed by atoms with van der Waals surface area (Å²) in [4.78, 5) is 35.4. The fourth-order valence-corrected chi connectivity index (χ4v) is 1.95. The Balaban J connectivity index is 1.95. The molecule has 3 aromatic rings. The molecule has 1 aromatic carbocycles. The maximum Gasteiger partial charge on any atom is 0.325 e. The highest BCUT2D eigenvalue weighted by Crippen LogP contribution is 2.19. The summed E-state index contributed by atoms with van der Waals surface area (Å²) in [6, 6.07) is 9.23. The topological polar surface area (TPSA) is 100 Å². The number of methoxy groups -OCH3 is 1. The van der Waals surface area contributed by atoms with Crippen molar-refractivity contribution in [2.75, 3.05) is 7.11 Å². The third-order valence-corrected chi connectivity index (χ3v) is 3.05. The number of aliphatic imine (C=N–C) groups is 1. The number of aromatic amines is 2. The fourth-order valence-electron chi connectivity index (χ4n) is 1.95. The predicted octanol–water partition coefficient (Wildman–Crippen LogP) is 1.37. The SMILES string of the molecule is COc1ccc2nc(C=Nc3c[nH]c(=O)[nH]c3=O)ccc2c1. The zero-order valence-corrected chi connectivity index (χ0v) is 11.7. The highest BCUT2D eigenvalue weighted by atomic mass is 16.5. The molecule has 0 aliphatic carbocycles. The van der Waals surface area contributed by atoms with Gasteiger partial charge in [0.1, 0.15) is 11.4 Å². The van der Waals surface area contributed by atoms with Gasteiger partial charge in [-0.1, -0.05) is 6.07 Å². The highest BCUT2D eigenvalue weighted by Gasteiger charge is 2.00. The maximum absolute atomic E-state index is 11.5. The lowest BCUT2D eigenvalue weighted by Crippen LogP contribution is -2.20. The van der Waals surface area contributed by atoms with E-state index in [1.165, 1.54) is 12.4 Å². The van der Waals surface area contributed by atoms with Gasteiger partial charge in [0.25, 0.3) is 5.56 Å². The predicted molar refractivity (Wildman–Crippen MR) is 83.2 cm³/mol. The molecule has 0 bridgehead atoms. The van der Waals surface area contributed by atoms with Crippen LogP contribution in [0.4, 0.5) is 5.69 Å². The molecular formula is C15H12N4O3. The van der Waals surface area contributed by atoms with Gasteiger partial charge in [0.15, 0.2) is 0 Å². The third kappa shape index (κ3) is 2.78. The van der Waals surface area contributed by atoms with Crippen LogP contribution in [0, 0.1) is 0 Å². The number of benzene rings is 1. The molecule has 2 aromatic heterocycles. The third-order valence-electron chi connectivity index (χ3n) is 3.05. The van der Waals surface area contributed by atoms with Crippen LogP contribution in [-0.2, 0) is 0 Å². The molecule has 0 fully saturated rings. The van der Waals surface area contributed by atoms with Crippen LogP contribution in [0.25, 0.3) is 10.9 Å². The van der Waals surface area contributed by atoms with E-state index in [0.29, 0.717) is 5.69 Å². The minimum atomic E-state index is -0.568. The van der Waals surface area contributed by atoms with Crippen molar-refractivity contribution in [2.45, 2.75) is 0 Å². The van der Waals surface area contributed by atoms with Crippen LogP contribution < -0.4 is 16.0 Å². The second-order valence-electron chi connectivity index (χ2n) is 4.51. The van der Waals surface area contributed by atoms with Crippen LogP contribution in [0.5, 0.6) is 5.75 Å². The average molecular weight is 296 g/mol. The lowest BCUT2D eigenvalue weighted by Gasteiger charge is -2.02. The van der Waals surface area contributed by atoms with Gasteiger partial charge in [0, 0.05) is 11.6 Å². The molecule has 7 nitrogen and oxygen atoms in total. The summed E-state index contributed by atoms with van der Waals surface area (Å²) < 4.78 is 5.16. The number of pyridine rings is 1. The van der Waals surface area contributed by atoms with Crippen molar-refractivity contribution in [1.82, 2.24) is 15.0 Å². The fraction of sp³-hybridized carbons (Fsp3) is 0.0667. The van der Waals surface area contributed by atoms with Gasteiger partial charge in [-0.05, 0) is 24.3 Å². The molecule has 0 saturated heterocycles. The van der Waals surface area contributed by atoms with Gasteiger partial charge < -0.3 is 9.72 Å². The van der Waals surface area contributed by atoms with Crippen molar-refractivity contribution < 1.29 is 4.74 Å². The summed E-state index contributed by atoms with van der Waals surface area (Å²) in [6.07, 6.45) is 2.72. The van der Waals surface area contributed by atoms with E-state index in [2.05, 4.69) is 19.9 Å². The first-order valence-electron chi connectivity index (χ1n) is 6.46. The van der Waals surface area contributed by atoms with E-state index in [1.807, 2.05) is 24.3 Å². The number of rotatable bonds is 3. The van der Waals surface area contributed by atoms with E-state index in [4.69, 9.17) is 4.74 Å². The summed E-state index contributed by atoms with van der Waals surface area (Å²) in [5.41, 5.74) is 0.381. The highest BCUT2D eigenvalue weighted by molar-refractivity contribution is 5.86. The van der Waals surface area contributed by atoms with E-state index < -0.39 is 11.2 Å². The van der Waals surface area contributed by atoms with Crippen molar-refractivity contribution >= 4 is 22.8 Å². The van der Waals surface area contributed by atoms with Crippen LogP contribution >= 0.6 is 0 Å². The van der Waals surface area contributed by atoms with Crippen LogP contribution in [0.2, 0.25) is 0 Å². The van der Waals surface area contributed by atoms with Gasteiger partial charge in [-0.15, -0.1) is 0 Å². The molecular weight excluding hydrogens is 284 g/mol. The molecule has 0 aliphatic rings. The molecule has 0 saturated carbocycles. The summed E-state index contributed by atoms with van der Waals surface area (Å²) >= 11 is 0. The van der Waals surface area contributed by atoms with Crippen molar-refractivity contribution in [3.8, 4) is 5.75 Å². The molecule has 110 valence electrons. The second-order valence-corrected chi connectivity index (χ2v) is 4.51. The number of H-pyrrole nitrogens is 2. The second kappa shape index (κ2) is 5.65. The Morgan fingerprint density at radius 3 is 2.86 bits per heavy atom. The van der Waals surface area contributed by atoms with E-state index in [1.54, 1.807) is 13.2 Å². The Labute approximate surface area is 124 Å². The number of fused-ring (bicyclic) bond motifs is 1. The summed E-state index contributed by atoms with van der Waals surface area (Å²) in [7, 11) is 1.61. The van der Waals surface area contributed by atoms with Gasteiger partial charge in [-0.3, -0.25) is 9.78 Å². The first-order chi connectivity index (χ1) is 10.7. The number of ether oxygens (including phenoxy) is 1. The van der Waals surface area contributed by atoms with Crippen molar-refractivity contribution in [3.63, 3.8) is 0 Å². The number of nitrogens with zero attached hydrogens (tertiary/aromatic N) is 2. The zero-order valence-electron chi connectivity index (χ0n) is 11.7. The zero-order chi connectivity index (χ0) is 15.5. The molecule has 0 atom stereocenters. The molecule has 2 heterocycles. The largest absolute Gasteiger partial charge is 0.497 e. The molecule has 0 spiro atoms. The van der Waals surface area contributed by atoms with E-state index in [-0.39, 0.29) is 5.69 Å². The number of hydrogen-bond acceptors (Lipinski definition) is 5. The Bertz CT molecular complexity index is 972. The summed E-state index contributed by atoms with van der Waals surface area (Å²) in [6.45, 7) is 0. The van der Waals surface area contributed by atoms with Gasteiger partial charge >= 0.3 is 5.69 Å². The minimum absolute atomic E-state index is 0.108. The van der Waals surface area contributed by atoms with Gasteiger partial charge in [-0.2, -0.15) is 0 Å². The Morgan fingerprint density at radius 1 is 1.23 bits per heavy atom. The van der Waals surface area contributed by atoms with E-state index in [0.717, 1.165) is 16.7 Å². The number of nitrogens with one attached hydrogen (secondary N) is 2. The number of aromatic nitrogens is 3. The van der Waals surface area contributed by atoms with Crippen LogP contribution in [0.1, 0.15) is 5.69 Å². The molecule has 0 unspecified atom stereocenters. The quantitative estimate of drug-likeness (QED) is 0.713. The van der Waals surface area contributed by atoms with Gasteiger partial charge in [-0.25, -0.2) is 14.8 Å². The Kier molecular flexibility index (Phi) is 3.53. The Morgan fingerprint density at radius 2 is 2.09 bits per heavy atom. The van der Waals surface area contributed by atoms with Crippen LogP contribution in [-0.4, -0.2) is 28.3 Å². The molecule has 22 heavy (non-hydrogen) atoms. The van der Waals surface area contributed by atoms with Crippen LogP contribution in [0.3, 0.4) is 0 Å². The first kappa shape index (κ1) is 13.7. The van der Waals surface area contributed by atoms with Crippen LogP contribution in [0.15, 0.2) is 51.1 Å². The van der Waals surface area contributed by atoms with Gasteiger partial charge in [0.05, 0.1) is 24.5 Å². The molecule has 0 radical (unpaired) electrons. The lowest BCUT2D eigenvalue weighted by molar-refractivity contribution is 0.415. The standard InChI is InChI=1S/C15H12N4O3/c1-22-11-4-5-12-9(6-11)2-3-10(18-12)7-16-13-8-17-15(21)19-14(13)20/h2-8H,1H3,(H2,17,19,20,21).